The van der Waals surface area contributed by atoms with Crippen molar-refractivity contribution in [2.75, 3.05) is 20.1 Å². The Morgan fingerprint density at radius 2 is 1.81 bits per heavy atom. The van der Waals surface area contributed by atoms with Gasteiger partial charge in [0.15, 0.2) is 0 Å². The minimum Gasteiger partial charge on any atom is -0.316 e. The van der Waals surface area contributed by atoms with Crippen molar-refractivity contribution in [2.24, 2.45) is 5.41 Å². The van der Waals surface area contributed by atoms with Gasteiger partial charge in [-0.05, 0) is 68.8 Å². The molecule has 0 aromatic heterocycles. The number of nitrogens with zero attached hydrogens (tertiary/aromatic N) is 1. The van der Waals surface area contributed by atoms with Gasteiger partial charge in [-0.25, -0.2) is 0 Å². The number of halogens is 1. The van der Waals surface area contributed by atoms with Crippen LogP contribution in [0.5, 0.6) is 0 Å². The molecule has 2 nitrogen and oxygen atoms in total. The molecule has 114 valence electrons. The highest BCUT2D eigenvalue weighted by molar-refractivity contribution is 9.10. The molecular formula is C18H25BrN2. The predicted molar refractivity (Wildman–Crippen MR) is 90.6 cm³/mol. The molecule has 3 aliphatic rings. The maximum absolute atomic E-state index is 3.66. The van der Waals surface area contributed by atoms with Crippen LogP contribution in [0.3, 0.4) is 0 Å². The van der Waals surface area contributed by atoms with Crippen molar-refractivity contribution < 1.29 is 0 Å². The molecule has 1 spiro atoms. The van der Waals surface area contributed by atoms with Gasteiger partial charge in [-0.3, -0.25) is 0 Å². The molecule has 0 radical (unpaired) electrons. The van der Waals surface area contributed by atoms with Crippen LogP contribution in [0.2, 0.25) is 0 Å². The summed E-state index contributed by atoms with van der Waals surface area (Å²) in [5.74, 6) is 0.691. The first-order chi connectivity index (χ1) is 10.2. The largest absolute Gasteiger partial charge is 0.316 e. The molecule has 0 saturated carbocycles. The van der Waals surface area contributed by atoms with Crippen molar-refractivity contribution in [3.05, 3.63) is 34.3 Å². The molecule has 1 N–H and O–H groups in total. The lowest BCUT2D eigenvalue weighted by Crippen LogP contribution is -2.53. The van der Waals surface area contributed by atoms with E-state index in [2.05, 4.69) is 57.5 Å². The van der Waals surface area contributed by atoms with E-state index in [0.717, 1.165) is 18.6 Å². The Morgan fingerprint density at radius 3 is 2.48 bits per heavy atom. The standard InChI is InChI=1S/C18H25BrN2/c1-21-15-6-7-16(21)11-18(10-15)8-9-20-12-17(18)13-2-4-14(19)5-3-13/h2-5,15-17,20H,6-12H2,1H3. The Hall–Kier alpha value is -0.380. The second-order valence-electron chi connectivity index (χ2n) is 7.38. The molecule has 3 atom stereocenters. The minimum atomic E-state index is 0.539. The van der Waals surface area contributed by atoms with Crippen LogP contribution in [0.15, 0.2) is 28.7 Å². The molecule has 3 saturated heterocycles. The fourth-order valence-electron chi connectivity index (χ4n) is 5.23. The first kappa shape index (κ1) is 14.2. The first-order valence-electron chi connectivity index (χ1n) is 8.36. The number of hydrogen-bond acceptors (Lipinski definition) is 2. The molecule has 0 amide bonds. The SMILES string of the molecule is CN1C2CCC1CC1(CCNCC1c1ccc(Br)cc1)C2. The minimum absolute atomic E-state index is 0.539. The average Bonchev–Trinajstić information content (AvgIpc) is 2.72. The quantitative estimate of drug-likeness (QED) is 0.830. The number of hydrogen-bond donors (Lipinski definition) is 1. The molecule has 3 heterocycles. The Kier molecular flexibility index (Phi) is 3.63. The van der Waals surface area contributed by atoms with E-state index >= 15 is 0 Å². The highest BCUT2D eigenvalue weighted by atomic mass is 79.9. The second-order valence-corrected chi connectivity index (χ2v) is 8.30. The van der Waals surface area contributed by atoms with Crippen LogP contribution in [0.1, 0.15) is 43.6 Å². The number of piperidine rings is 2. The number of benzene rings is 1. The Labute approximate surface area is 136 Å². The molecule has 21 heavy (non-hydrogen) atoms. The van der Waals surface area contributed by atoms with Gasteiger partial charge in [-0.15, -0.1) is 0 Å². The number of nitrogens with one attached hydrogen (secondary N) is 1. The topological polar surface area (TPSA) is 15.3 Å². The molecule has 2 bridgehead atoms. The van der Waals surface area contributed by atoms with Gasteiger partial charge in [-0.2, -0.15) is 0 Å². The van der Waals surface area contributed by atoms with Crippen molar-refractivity contribution >= 4 is 15.9 Å². The van der Waals surface area contributed by atoms with Crippen LogP contribution in [0.4, 0.5) is 0 Å². The lowest BCUT2D eigenvalue weighted by Gasteiger charge is -2.52. The van der Waals surface area contributed by atoms with E-state index in [1.165, 1.54) is 48.7 Å². The van der Waals surface area contributed by atoms with E-state index in [1.807, 2.05) is 0 Å². The zero-order chi connectivity index (χ0) is 14.4. The van der Waals surface area contributed by atoms with Crippen molar-refractivity contribution in [3.8, 4) is 0 Å². The summed E-state index contributed by atoms with van der Waals surface area (Å²) >= 11 is 3.57. The highest BCUT2D eigenvalue weighted by Crippen LogP contribution is 2.54. The third-order valence-electron chi connectivity index (χ3n) is 6.43. The average molecular weight is 349 g/mol. The van der Waals surface area contributed by atoms with E-state index in [4.69, 9.17) is 0 Å². The lowest BCUT2D eigenvalue weighted by atomic mass is 9.61. The molecule has 4 rings (SSSR count). The van der Waals surface area contributed by atoms with E-state index in [1.54, 1.807) is 0 Å². The van der Waals surface area contributed by atoms with Crippen LogP contribution < -0.4 is 5.32 Å². The van der Waals surface area contributed by atoms with Crippen LogP contribution >= 0.6 is 15.9 Å². The predicted octanol–water partition coefficient (Wildman–Crippen LogP) is 3.77. The summed E-state index contributed by atoms with van der Waals surface area (Å²) in [7, 11) is 2.35. The smallest absolute Gasteiger partial charge is 0.0175 e. The molecule has 0 aliphatic carbocycles. The van der Waals surface area contributed by atoms with E-state index in [9.17, 15) is 0 Å². The third kappa shape index (κ3) is 2.38. The summed E-state index contributed by atoms with van der Waals surface area (Å²) in [5.41, 5.74) is 2.08. The van der Waals surface area contributed by atoms with Crippen LogP contribution in [-0.2, 0) is 0 Å². The van der Waals surface area contributed by atoms with Gasteiger partial charge >= 0.3 is 0 Å². The summed E-state index contributed by atoms with van der Waals surface area (Å²) in [4.78, 5) is 2.67. The van der Waals surface area contributed by atoms with Gasteiger partial charge in [0.25, 0.3) is 0 Å². The van der Waals surface area contributed by atoms with Gasteiger partial charge in [-0.1, -0.05) is 28.1 Å². The lowest BCUT2D eigenvalue weighted by molar-refractivity contribution is 0.0196. The Morgan fingerprint density at radius 1 is 1.14 bits per heavy atom. The van der Waals surface area contributed by atoms with Crippen LogP contribution in [0, 0.1) is 5.41 Å². The van der Waals surface area contributed by atoms with E-state index in [0.29, 0.717) is 11.3 Å². The monoisotopic (exact) mass is 348 g/mol. The number of fused-ring (bicyclic) bond motifs is 2. The molecule has 1 aromatic carbocycles. The summed E-state index contributed by atoms with van der Waals surface area (Å²) in [6.45, 7) is 2.36. The van der Waals surface area contributed by atoms with Crippen molar-refractivity contribution in [1.82, 2.24) is 10.2 Å². The summed E-state index contributed by atoms with van der Waals surface area (Å²) in [5, 5.41) is 3.66. The normalized spacial score (nSPS) is 39.8. The van der Waals surface area contributed by atoms with Gasteiger partial charge in [0.1, 0.15) is 0 Å². The highest BCUT2D eigenvalue weighted by Gasteiger charge is 2.51. The van der Waals surface area contributed by atoms with Crippen molar-refractivity contribution in [3.63, 3.8) is 0 Å². The summed E-state index contributed by atoms with van der Waals surface area (Å²) < 4.78 is 1.19. The van der Waals surface area contributed by atoms with Crippen LogP contribution in [0.25, 0.3) is 0 Å². The van der Waals surface area contributed by atoms with Crippen molar-refractivity contribution in [1.29, 1.82) is 0 Å². The first-order valence-corrected chi connectivity index (χ1v) is 9.15. The van der Waals surface area contributed by atoms with E-state index in [-0.39, 0.29) is 0 Å². The Balaban J connectivity index is 1.67. The number of rotatable bonds is 1. The van der Waals surface area contributed by atoms with Gasteiger partial charge in [0.05, 0.1) is 0 Å². The molecule has 3 fully saturated rings. The molecule has 3 unspecified atom stereocenters. The zero-order valence-corrected chi connectivity index (χ0v) is 14.4. The molecule has 3 heteroatoms. The van der Waals surface area contributed by atoms with Gasteiger partial charge in [0.2, 0.25) is 0 Å². The fourth-order valence-corrected chi connectivity index (χ4v) is 5.50. The maximum Gasteiger partial charge on any atom is 0.0175 e. The Bertz CT molecular complexity index is 498. The van der Waals surface area contributed by atoms with Crippen LogP contribution in [-0.4, -0.2) is 37.1 Å². The molecule has 3 aliphatic heterocycles. The zero-order valence-electron chi connectivity index (χ0n) is 12.8. The van der Waals surface area contributed by atoms with Gasteiger partial charge < -0.3 is 10.2 Å². The molecule has 1 aromatic rings. The maximum atomic E-state index is 3.66. The van der Waals surface area contributed by atoms with Crippen molar-refractivity contribution in [2.45, 2.75) is 50.1 Å². The third-order valence-corrected chi connectivity index (χ3v) is 6.96. The van der Waals surface area contributed by atoms with Gasteiger partial charge in [0, 0.05) is 29.0 Å². The fraction of sp³-hybridized carbons (Fsp3) is 0.667. The summed E-state index contributed by atoms with van der Waals surface area (Å²) in [6.07, 6.45) is 7.01. The van der Waals surface area contributed by atoms with E-state index < -0.39 is 0 Å². The summed E-state index contributed by atoms with van der Waals surface area (Å²) in [6, 6.07) is 10.8. The molecular weight excluding hydrogens is 324 g/mol. The second kappa shape index (κ2) is 5.36.